The van der Waals surface area contributed by atoms with Crippen molar-refractivity contribution >= 4 is 71.3 Å². The number of urea groups is 3. The lowest BCUT2D eigenvalue weighted by Crippen LogP contribution is -2.36. The molecule has 18 heteroatoms. The van der Waals surface area contributed by atoms with Crippen LogP contribution in [0.25, 0.3) is 0 Å². The van der Waals surface area contributed by atoms with Crippen LogP contribution in [-0.4, -0.2) is 121 Å². The molecule has 0 saturated carbocycles. The van der Waals surface area contributed by atoms with Crippen molar-refractivity contribution in [2.45, 2.75) is 129 Å². The third-order valence-corrected chi connectivity index (χ3v) is 13.7. The maximum absolute atomic E-state index is 11.1. The van der Waals surface area contributed by atoms with E-state index in [1.807, 2.05) is 35.3 Å². The molecule has 9 atom stereocenters. The van der Waals surface area contributed by atoms with E-state index in [9.17, 15) is 28.8 Å². The lowest BCUT2D eigenvalue weighted by molar-refractivity contribution is -0.138. The average Bonchev–Trinajstić information content (AvgIpc) is 3.85. The monoisotopic (exact) mass is 732 g/mol. The average molecular weight is 733 g/mol. The minimum Gasteiger partial charge on any atom is -0.481 e. The van der Waals surface area contributed by atoms with Gasteiger partial charge in [-0.05, 0) is 38.5 Å². The second kappa shape index (κ2) is 18.9. The zero-order valence-electron chi connectivity index (χ0n) is 26.8. The van der Waals surface area contributed by atoms with Crippen LogP contribution in [0.2, 0.25) is 0 Å². The molecule has 48 heavy (non-hydrogen) atoms. The molecule has 0 spiro atoms. The minimum absolute atomic E-state index is 0.0640. The number of unbranched alkanes of at least 4 members (excludes halogenated alkanes) is 3. The highest BCUT2D eigenvalue weighted by Crippen LogP contribution is 2.35. The maximum atomic E-state index is 11.1. The van der Waals surface area contributed by atoms with Crippen molar-refractivity contribution < 1.29 is 44.1 Å². The Morgan fingerprint density at radius 1 is 0.479 bits per heavy atom. The van der Waals surface area contributed by atoms with Crippen molar-refractivity contribution in [1.82, 2.24) is 31.9 Å². The van der Waals surface area contributed by atoms with Crippen molar-refractivity contribution in [3.8, 4) is 0 Å². The fourth-order valence-corrected chi connectivity index (χ4v) is 11.4. The Hall–Kier alpha value is -2.73. The largest absolute Gasteiger partial charge is 0.481 e. The molecule has 0 bridgehead atoms. The van der Waals surface area contributed by atoms with Gasteiger partial charge in [-0.25, -0.2) is 14.4 Å². The van der Waals surface area contributed by atoms with Crippen LogP contribution >= 0.6 is 35.3 Å². The Labute approximate surface area is 292 Å². The molecule has 270 valence electrons. The first-order valence-corrected chi connectivity index (χ1v) is 19.9. The van der Waals surface area contributed by atoms with Gasteiger partial charge in [0.1, 0.15) is 0 Å². The van der Waals surface area contributed by atoms with Gasteiger partial charge in [0.2, 0.25) is 0 Å². The molecule has 6 rings (SSSR count). The number of nitrogens with one attached hydrogen (secondary N) is 6. The first kappa shape index (κ1) is 38.1. The van der Waals surface area contributed by atoms with Gasteiger partial charge in [0.05, 0.1) is 36.3 Å². The van der Waals surface area contributed by atoms with Gasteiger partial charge >= 0.3 is 36.0 Å². The molecule has 0 aromatic heterocycles. The number of carboxylic acids is 3. The first-order chi connectivity index (χ1) is 23.0. The molecule has 0 aromatic carbocycles. The Morgan fingerprint density at radius 2 is 0.750 bits per heavy atom. The van der Waals surface area contributed by atoms with Crippen LogP contribution in [0.3, 0.4) is 0 Å². The number of amides is 6. The van der Waals surface area contributed by atoms with Gasteiger partial charge in [0.15, 0.2) is 0 Å². The summed E-state index contributed by atoms with van der Waals surface area (Å²) in [6.45, 7) is 0. The van der Waals surface area contributed by atoms with Crippen molar-refractivity contribution in [2.75, 3.05) is 17.3 Å². The van der Waals surface area contributed by atoms with Crippen LogP contribution in [0.1, 0.15) is 77.0 Å². The first-order valence-electron chi connectivity index (χ1n) is 16.7. The van der Waals surface area contributed by atoms with Crippen LogP contribution in [0, 0.1) is 0 Å². The van der Waals surface area contributed by atoms with Crippen LogP contribution in [0.5, 0.6) is 0 Å². The molecule has 15 nitrogen and oxygen atoms in total. The van der Waals surface area contributed by atoms with E-state index in [2.05, 4.69) is 31.9 Å². The topological polar surface area (TPSA) is 235 Å². The summed E-state index contributed by atoms with van der Waals surface area (Å²) in [5.41, 5.74) is 0. The lowest BCUT2D eigenvalue weighted by Gasteiger charge is -2.16. The highest BCUT2D eigenvalue weighted by atomic mass is 32.2. The van der Waals surface area contributed by atoms with Crippen molar-refractivity contribution in [1.29, 1.82) is 0 Å². The van der Waals surface area contributed by atoms with Crippen LogP contribution in [0.4, 0.5) is 14.4 Å². The van der Waals surface area contributed by atoms with Gasteiger partial charge in [0, 0.05) is 52.3 Å². The number of aliphatic carboxylic acids is 3. The molecular weight excluding hydrogens is 685 g/mol. The standard InChI is InChI=1S/3C10H16N2O3S/c3*13-8(14)4-2-1-3-7-9-6(5-16-7)11-10(15)12-9/h3*6-7,9H,1-5H2,(H,13,14)(H2,11,12,15). The Kier molecular flexibility index (Phi) is 15.0. The molecule has 6 aliphatic rings. The number of rotatable bonds is 15. The molecule has 0 radical (unpaired) electrons. The third-order valence-electron chi connectivity index (χ3n) is 9.20. The molecule has 6 saturated heterocycles. The Bertz CT molecular complexity index is 1030. The summed E-state index contributed by atoms with van der Waals surface area (Å²) < 4.78 is 0. The van der Waals surface area contributed by atoms with Gasteiger partial charge < -0.3 is 47.2 Å². The quantitative estimate of drug-likeness (QED) is 0.0872. The van der Waals surface area contributed by atoms with Gasteiger partial charge in [-0.15, -0.1) is 0 Å². The van der Waals surface area contributed by atoms with E-state index in [1.54, 1.807) is 0 Å². The molecule has 9 N–H and O–H groups in total. The Morgan fingerprint density at radius 3 is 1.00 bits per heavy atom. The van der Waals surface area contributed by atoms with E-state index in [4.69, 9.17) is 15.3 Å². The number of fused-ring (bicyclic) bond motifs is 3. The summed E-state index contributed by atoms with van der Waals surface area (Å²) in [5.74, 6) is 0.709. The summed E-state index contributed by atoms with van der Waals surface area (Å²) in [6.07, 6.45) is 8.64. The predicted octanol–water partition coefficient (Wildman–Crippen LogP) is 2.39. The van der Waals surface area contributed by atoms with Gasteiger partial charge in [-0.2, -0.15) is 35.3 Å². The van der Waals surface area contributed by atoms with Gasteiger partial charge in [0.25, 0.3) is 0 Å². The fraction of sp³-hybridized carbons (Fsp3) is 0.800. The van der Waals surface area contributed by atoms with E-state index in [0.717, 1.165) is 75.0 Å². The zero-order valence-corrected chi connectivity index (χ0v) is 29.3. The van der Waals surface area contributed by atoms with Gasteiger partial charge in [-0.1, -0.05) is 19.3 Å². The van der Waals surface area contributed by atoms with Crippen LogP contribution < -0.4 is 31.9 Å². The number of hydrogen-bond donors (Lipinski definition) is 9. The van der Waals surface area contributed by atoms with E-state index in [1.165, 1.54) is 0 Å². The fourth-order valence-electron chi connectivity index (χ4n) is 6.79. The van der Waals surface area contributed by atoms with Crippen LogP contribution in [-0.2, 0) is 14.4 Å². The zero-order chi connectivity index (χ0) is 34.6. The summed E-state index contributed by atoms with van der Waals surface area (Å²) in [4.78, 5) is 64.4. The second-order valence-corrected chi connectivity index (χ2v) is 16.6. The van der Waals surface area contributed by atoms with Crippen LogP contribution in [0.15, 0.2) is 0 Å². The number of carboxylic acid groups (broad SMARTS) is 3. The third kappa shape index (κ3) is 11.7. The second-order valence-electron chi connectivity index (χ2n) is 12.8. The normalized spacial score (nSPS) is 32.0. The molecule has 6 heterocycles. The molecule has 0 aromatic rings. The highest BCUT2D eigenvalue weighted by molar-refractivity contribution is 8.00. The molecule has 6 aliphatic heterocycles. The van der Waals surface area contributed by atoms with E-state index in [0.29, 0.717) is 15.7 Å². The van der Waals surface area contributed by atoms with E-state index >= 15 is 0 Å². The summed E-state index contributed by atoms with van der Waals surface area (Å²) >= 11 is 5.61. The van der Waals surface area contributed by atoms with E-state index in [-0.39, 0.29) is 73.6 Å². The number of hydrogen-bond acceptors (Lipinski definition) is 9. The van der Waals surface area contributed by atoms with Crippen molar-refractivity contribution in [3.63, 3.8) is 0 Å². The summed E-state index contributed by atoms with van der Waals surface area (Å²) in [7, 11) is 0. The number of carbonyl (C=O) groups excluding carboxylic acids is 3. The summed E-state index contributed by atoms with van der Waals surface area (Å²) in [5, 5.41) is 44.3. The summed E-state index contributed by atoms with van der Waals surface area (Å²) in [6, 6.07) is 1.32. The Balaban J connectivity index is 0.000000163. The predicted molar refractivity (Wildman–Crippen MR) is 185 cm³/mol. The number of thioether (sulfide) groups is 3. The molecular formula is C30H48N6O9S3. The SMILES string of the molecule is O=C(O)CCCCC1SCC2NC(=O)NC21.O=C(O)CCCCC1SCC2NC(=O)NC21.O=C(O)CCCCC1SCC2NC(=O)NC21. The van der Waals surface area contributed by atoms with E-state index < -0.39 is 17.9 Å². The molecule has 6 amide bonds. The maximum Gasteiger partial charge on any atom is 0.315 e. The smallest absolute Gasteiger partial charge is 0.315 e. The van der Waals surface area contributed by atoms with Crippen molar-refractivity contribution in [2.24, 2.45) is 0 Å². The van der Waals surface area contributed by atoms with Gasteiger partial charge in [-0.3, -0.25) is 14.4 Å². The number of carbonyl (C=O) groups is 6. The molecule has 9 unspecified atom stereocenters. The molecule has 6 fully saturated rings. The lowest BCUT2D eigenvalue weighted by atomic mass is 10.0. The molecule has 0 aliphatic carbocycles. The van der Waals surface area contributed by atoms with Crippen molar-refractivity contribution in [3.05, 3.63) is 0 Å². The minimum atomic E-state index is -0.729. The highest BCUT2D eigenvalue weighted by Gasteiger charge is 2.44.